The third-order valence-corrected chi connectivity index (χ3v) is 4.13. The van der Waals surface area contributed by atoms with Crippen molar-refractivity contribution < 1.29 is 0 Å². The van der Waals surface area contributed by atoms with Gasteiger partial charge in [0.05, 0.1) is 12.0 Å². The Morgan fingerprint density at radius 1 is 1.42 bits per heavy atom. The predicted octanol–water partition coefficient (Wildman–Crippen LogP) is 3.06. The average molecular weight is 276 g/mol. The number of aromatic nitrogens is 2. The molecule has 0 aliphatic carbocycles. The molecule has 0 saturated carbocycles. The number of likely N-dealkylation sites (tertiary alicyclic amines) is 1. The van der Waals surface area contributed by atoms with Gasteiger partial charge in [-0.15, -0.1) is 0 Å². The number of aryl methyl sites for hydroxylation is 1. The molecule has 4 heteroatoms. The highest BCUT2D eigenvalue weighted by atomic mass is 35.5. The zero-order valence-corrected chi connectivity index (χ0v) is 11.8. The summed E-state index contributed by atoms with van der Waals surface area (Å²) in [5.74, 6) is 0.604. The zero-order valence-electron chi connectivity index (χ0n) is 11.1. The maximum absolute atomic E-state index is 6.07. The molecule has 1 aliphatic rings. The molecule has 1 aromatic heterocycles. The van der Waals surface area contributed by atoms with Crippen molar-refractivity contribution in [2.45, 2.75) is 18.9 Å². The van der Waals surface area contributed by atoms with E-state index in [1.807, 2.05) is 31.7 Å². The molecule has 0 radical (unpaired) electrons. The Morgan fingerprint density at radius 2 is 2.32 bits per heavy atom. The lowest BCUT2D eigenvalue weighted by atomic mass is 9.99. The van der Waals surface area contributed by atoms with Crippen molar-refractivity contribution in [2.75, 3.05) is 13.1 Å². The van der Waals surface area contributed by atoms with Gasteiger partial charge in [-0.1, -0.05) is 23.7 Å². The van der Waals surface area contributed by atoms with Crippen LogP contribution in [0.1, 0.15) is 23.6 Å². The van der Waals surface area contributed by atoms with Crippen molar-refractivity contribution in [1.29, 1.82) is 0 Å². The standard InChI is InChI=1S/C15H18ClN3/c1-18-11-17-8-15(18)10-19-6-5-13(9-19)12-3-2-4-14(16)7-12/h2-4,7-8,11,13H,5-6,9-10H2,1H3. The maximum Gasteiger partial charge on any atom is 0.0945 e. The van der Waals surface area contributed by atoms with Gasteiger partial charge in [0.25, 0.3) is 0 Å². The van der Waals surface area contributed by atoms with E-state index in [0.29, 0.717) is 5.92 Å². The van der Waals surface area contributed by atoms with Gasteiger partial charge in [-0.25, -0.2) is 4.98 Å². The first-order valence-electron chi connectivity index (χ1n) is 6.65. The van der Waals surface area contributed by atoms with E-state index in [0.717, 1.165) is 24.7 Å². The first-order valence-corrected chi connectivity index (χ1v) is 7.03. The first-order chi connectivity index (χ1) is 9.22. The predicted molar refractivity (Wildman–Crippen MR) is 77.3 cm³/mol. The smallest absolute Gasteiger partial charge is 0.0945 e. The lowest BCUT2D eigenvalue weighted by Crippen LogP contribution is -2.21. The molecule has 1 unspecified atom stereocenters. The van der Waals surface area contributed by atoms with Crippen molar-refractivity contribution >= 4 is 11.6 Å². The molecule has 1 fully saturated rings. The second kappa shape index (κ2) is 5.35. The molecule has 2 aromatic rings. The number of imidazole rings is 1. The maximum atomic E-state index is 6.07. The summed E-state index contributed by atoms with van der Waals surface area (Å²) >= 11 is 6.07. The van der Waals surface area contributed by atoms with Crippen LogP contribution in [0, 0.1) is 0 Å². The molecule has 1 atom stereocenters. The summed E-state index contributed by atoms with van der Waals surface area (Å²) < 4.78 is 2.09. The molecule has 3 nitrogen and oxygen atoms in total. The number of halogens is 1. The molecular weight excluding hydrogens is 258 g/mol. The molecule has 0 spiro atoms. The number of benzene rings is 1. The van der Waals surface area contributed by atoms with E-state index in [1.165, 1.54) is 17.7 Å². The minimum Gasteiger partial charge on any atom is -0.337 e. The van der Waals surface area contributed by atoms with Crippen molar-refractivity contribution in [2.24, 2.45) is 7.05 Å². The molecule has 1 aromatic carbocycles. The monoisotopic (exact) mass is 275 g/mol. The highest BCUT2D eigenvalue weighted by Crippen LogP contribution is 2.29. The molecule has 19 heavy (non-hydrogen) atoms. The topological polar surface area (TPSA) is 21.1 Å². The van der Waals surface area contributed by atoms with Crippen LogP contribution in [-0.2, 0) is 13.6 Å². The van der Waals surface area contributed by atoms with E-state index in [2.05, 4.69) is 26.6 Å². The second-order valence-corrected chi connectivity index (χ2v) is 5.71. The lowest BCUT2D eigenvalue weighted by molar-refractivity contribution is 0.319. The van der Waals surface area contributed by atoms with E-state index in [9.17, 15) is 0 Å². The largest absolute Gasteiger partial charge is 0.337 e. The van der Waals surface area contributed by atoms with Gasteiger partial charge in [-0.05, 0) is 36.6 Å². The van der Waals surface area contributed by atoms with Gasteiger partial charge < -0.3 is 4.57 Å². The van der Waals surface area contributed by atoms with Crippen molar-refractivity contribution in [3.8, 4) is 0 Å². The summed E-state index contributed by atoms with van der Waals surface area (Å²) in [6, 6.07) is 8.26. The van der Waals surface area contributed by atoms with E-state index < -0.39 is 0 Å². The SMILES string of the molecule is Cn1cncc1CN1CCC(c2cccc(Cl)c2)C1. The van der Waals surface area contributed by atoms with E-state index >= 15 is 0 Å². The van der Waals surface area contributed by atoms with Crippen LogP contribution >= 0.6 is 11.6 Å². The number of rotatable bonds is 3. The lowest BCUT2D eigenvalue weighted by Gasteiger charge is -2.16. The van der Waals surface area contributed by atoms with Gasteiger partial charge in [0.1, 0.15) is 0 Å². The third kappa shape index (κ3) is 2.82. The Morgan fingerprint density at radius 3 is 3.05 bits per heavy atom. The normalized spacial score (nSPS) is 20.0. The van der Waals surface area contributed by atoms with Crippen LogP contribution in [-0.4, -0.2) is 27.5 Å². The fourth-order valence-electron chi connectivity index (χ4n) is 2.77. The van der Waals surface area contributed by atoms with E-state index in [1.54, 1.807) is 0 Å². The summed E-state index contributed by atoms with van der Waals surface area (Å²) in [6.07, 6.45) is 5.02. The zero-order chi connectivity index (χ0) is 13.2. The summed E-state index contributed by atoms with van der Waals surface area (Å²) in [4.78, 5) is 6.66. The summed E-state index contributed by atoms with van der Waals surface area (Å²) in [6.45, 7) is 3.22. The summed E-state index contributed by atoms with van der Waals surface area (Å²) in [5, 5.41) is 0.836. The Bertz CT molecular complexity index is 564. The van der Waals surface area contributed by atoms with Gasteiger partial charge in [0, 0.05) is 31.4 Å². The Labute approximate surface area is 118 Å². The van der Waals surface area contributed by atoms with Crippen molar-refractivity contribution in [1.82, 2.24) is 14.5 Å². The average Bonchev–Trinajstić information content (AvgIpc) is 3.00. The number of nitrogens with zero attached hydrogens (tertiary/aromatic N) is 3. The van der Waals surface area contributed by atoms with Gasteiger partial charge >= 0.3 is 0 Å². The summed E-state index contributed by atoms with van der Waals surface area (Å²) in [5.41, 5.74) is 2.63. The van der Waals surface area contributed by atoms with Crippen molar-refractivity contribution in [3.05, 3.63) is 53.1 Å². The van der Waals surface area contributed by atoms with Crippen LogP contribution in [0.3, 0.4) is 0 Å². The fraction of sp³-hybridized carbons (Fsp3) is 0.400. The highest BCUT2D eigenvalue weighted by molar-refractivity contribution is 6.30. The van der Waals surface area contributed by atoms with Gasteiger partial charge in [0.15, 0.2) is 0 Å². The molecule has 100 valence electrons. The molecule has 0 amide bonds. The Hall–Kier alpha value is -1.32. The minimum absolute atomic E-state index is 0.604. The number of hydrogen-bond donors (Lipinski definition) is 0. The molecular formula is C15H18ClN3. The Kier molecular flexibility index (Phi) is 3.58. The van der Waals surface area contributed by atoms with Crippen molar-refractivity contribution in [3.63, 3.8) is 0 Å². The van der Waals surface area contributed by atoms with Crippen LogP contribution < -0.4 is 0 Å². The number of hydrogen-bond acceptors (Lipinski definition) is 2. The minimum atomic E-state index is 0.604. The third-order valence-electron chi connectivity index (χ3n) is 3.89. The van der Waals surface area contributed by atoms with Gasteiger partial charge in [0.2, 0.25) is 0 Å². The quantitative estimate of drug-likeness (QED) is 0.858. The van der Waals surface area contributed by atoms with E-state index in [-0.39, 0.29) is 0 Å². The molecule has 3 rings (SSSR count). The van der Waals surface area contributed by atoms with Crippen LogP contribution in [0.2, 0.25) is 5.02 Å². The molecule has 1 saturated heterocycles. The summed E-state index contributed by atoms with van der Waals surface area (Å²) in [7, 11) is 2.05. The van der Waals surface area contributed by atoms with Crippen LogP contribution in [0.15, 0.2) is 36.8 Å². The van der Waals surface area contributed by atoms with Gasteiger partial charge in [-0.2, -0.15) is 0 Å². The van der Waals surface area contributed by atoms with Crippen LogP contribution in [0.5, 0.6) is 0 Å². The molecule has 1 aliphatic heterocycles. The highest BCUT2D eigenvalue weighted by Gasteiger charge is 2.24. The first kappa shape index (κ1) is 12.7. The van der Waals surface area contributed by atoms with Gasteiger partial charge in [-0.3, -0.25) is 4.90 Å². The molecule has 0 N–H and O–H groups in total. The van der Waals surface area contributed by atoms with Crippen LogP contribution in [0.4, 0.5) is 0 Å². The molecule has 2 heterocycles. The Balaban J connectivity index is 1.66. The second-order valence-electron chi connectivity index (χ2n) is 5.27. The molecule has 0 bridgehead atoms. The van der Waals surface area contributed by atoms with Crippen LogP contribution in [0.25, 0.3) is 0 Å². The fourth-order valence-corrected chi connectivity index (χ4v) is 2.97. The van der Waals surface area contributed by atoms with E-state index in [4.69, 9.17) is 11.6 Å².